The Morgan fingerprint density at radius 2 is 1.77 bits per heavy atom. The maximum atomic E-state index is 13.4. The van der Waals surface area contributed by atoms with Gasteiger partial charge in [0.15, 0.2) is 0 Å². The molecule has 3 unspecified atom stereocenters. The van der Waals surface area contributed by atoms with E-state index in [1.807, 2.05) is 11.8 Å². The Hall–Kier alpha value is -1.83. The SMILES string of the molecule is CC1CC(N)CN1C(=O)C(NC(=O)[C@H](C)N(C)C(=O)OC(C)(C)C)C1CCCCC1. The molecule has 2 aliphatic rings. The molecule has 8 heteroatoms. The topological polar surface area (TPSA) is 105 Å². The molecule has 3 amide bonds. The van der Waals surface area contributed by atoms with Crippen molar-refractivity contribution in [3.05, 3.63) is 0 Å². The zero-order valence-corrected chi connectivity index (χ0v) is 19.4. The highest BCUT2D eigenvalue weighted by Gasteiger charge is 2.40. The Labute approximate surface area is 180 Å². The van der Waals surface area contributed by atoms with E-state index < -0.39 is 23.8 Å². The highest BCUT2D eigenvalue weighted by molar-refractivity contribution is 5.91. The van der Waals surface area contributed by atoms with E-state index in [-0.39, 0.29) is 29.8 Å². The minimum Gasteiger partial charge on any atom is -0.444 e. The van der Waals surface area contributed by atoms with Gasteiger partial charge in [0.2, 0.25) is 11.8 Å². The lowest BCUT2D eigenvalue weighted by Crippen LogP contribution is -2.57. The predicted octanol–water partition coefficient (Wildman–Crippen LogP) is 2.26. The number of carbonyl (C=O) groups excluding carboxylic acids is 3. The Balaban J connectivity index is 2.11. The van der Waals surface area contributed by atoms with Gasteiger partial charge in [-0.25, -0.2) is 4.79 Å². The molecule has 1 saturated heterocycles. The van der Waals surface area contributed by atoms with Crippen LogP contribution in [0.3, 0.4) is 0 Å². The van der Waals surface area contributed by atoms with Crippen LogP contribution >= 0.6 is 0 Å². The fourth-order valence-electron chi connectivity index (χ4n) is 4.35. The predicted molar refractivity (Wildman–Crippen MR) is 116 cm³/mol. The second-order valence-corrected chi connectivity index (χ2v) is 9.99. The van der Waals surface area contributed by atoms with E-state index in [2.05, 4.69) is 5.32 Å². The molecule has 3 N–H and O–H groups in total. The van der Waals surface area contributed by atoms with Gasteiger partial charge in [0.05, 0.1) is 0 Å². The second-order valence-electron chi connectivity index (χ2n) is 9.99. The molecule has 4 atom stereocenters. The summed E-state index contributed by atoms with van der Waals surface area (Å²) in [6, 6.07) is -1.29. The van der Waals surface area contributed by atoms with Crippen molar-refractivity contribution in [1.29, 1.82) is 0 Å². The summed E-state index contributed by atoms with van der Waals surface area (Å²) in [5, 5.41) is 2.98. The average Bonchev–Trinajstić information content (AvgIpc) is 3.01. The minimum absolute atomic E-state index is 0.0242. The van der Waals surface area contributed by atoms with Crippen LogP contribution in [0.4, 0.5) is 4.79 Å². The lowest BCUT2D eigenvalue weighted by molar-refractivity contribution is -0.140. The Bertz CT molecular complexity index is 627. The Kier molecular flexibility index (Phi) is 8.13. The first-order chi connectivity index (χ1) is 13.9. The van der Waals surface area contributed by atoms with Gasteiger partial charge in [0.25, 0.3) is 0 Å². The van der Waals surface area contributed by atoms with Gasteiger partial charge in [-0.2, -0.15) is 0 Å². The van der Waals surface area contributed by atoms with E-state index in [9.17, 15) is 14.4 Å². The van der Waals surface area contributed by atoms with E-state index in [0.29, 0.717) is 6.54 Å². The second kappa shape index (κ2) is 9.98. The molecule has 0 aromatic carbocycles. The molecule has 0 aromatic rings. The summed E-state index contributed by atoms with van der Waals surface area (Å²) in [5.74, 6) is -0.287. The maximum Gasteiger partial charge on any atom is 0.410 e. The number of nitrogens with one attached hydrogen (secondary N) is 1. The Morgan fingerprint density at radius 1 is 1.17 bits per heavy atom. The van der Waals surface area contributed by atoms with Gasteiger partial charge in [-0.3, -0.25) is 14.5 Å². The Morgan fingerprint density at radius 3 is 2.27 bits per heavy atom. The van der Waals surface area contributed by atoms with Crippen molar-refractivity contribution in [2.24, 2.45) is 11.7 Å². The normalized spacial score (nSPS) is 24.8. The summed E-state index contributed by atoms with van der Waals surface area (Å²) < 4.78 is 5.36. The van der Waals surface area contributed by atoms with Crippen molar-refractivity contribution < 1.29 is 19.1 Å². The van der Waals surface area contributed by atoms with Crippen LogP contribution in [-0.4, -0.2) is 71.1 Å². The summed E-state index contributed by atoms with van der Waals surface area (Å²) in [6.07, 6.45) is 5.33. The lowest BCUT2D eigenvalue weighted by Gasteiger charge is -2.35. The van der Waals surface area contributed by atoms with Crippen molar-refractivity contribution in [1.82, 2.24) is 15.1 Å². The smallest absolute Gasteiger partial charge is 0.410 e. The molecule has 30 heavy (non-hydrogen) atoms. The average molecular weight is 425 g/mol. The molecule has 0 bridgehead atoms. The van der Waals surface area contributed by atoms with Gasteiger partial charge in [0.1, 0.15) is 17.7 Å². The summed E-state index contributed by atoms with van der Waals surface area (Å²) in [7, 11) is 1.54. The third-order valence-electron chi connectivity index (χ3n) is 6.22. The zero-order chi connectivity index (χ0) is 22.6. The number of hydrogen-bond acceptors (Lipinski definition) is 5. The van der Waals surface area contributed by atoms with Crippen molar-refractivity contribution in [3.63, 3.8) is 0 Å². The van der Waals surface area contributed by atoms with Gasteiger partial charge in [-0.1, -0.05) is 19.3 Å². The summed E-state index contributed by atoms with van der Waals surface area (Å²) in [4.78, 5) is 41.9. The van der Waals surface area contributed by atoms with E-state index in [0.717, 1.165) is 38.5 Å². The van der Waals surface area contributed by atoms with Crippen molar-refractivity contribution in [2.75, 3.05) is 13.6 Å². The molecule has 172 valence electrons. The van der Waals surface area contributed by atoms with Crippen LogP contribution in [0.15, 0.2) is 0 Å². The van der Waals surface area contributed by atoms with E-state index >= 15 is 0 Å². The van der Waals surface area contributed by atoms with Crippen molar-refractivity contribution in [3.8, 4) is 0 Å². The van der Waals surface area contributed by atoms with Gasteiger partial charge >= 0.3 is 6.09 Å². The molecule has 0 radical (unpaired) electrons. The van der Waals surface area contributed by atoms with Gasteiger partial charge in [-0.05, 0) is 59.8 Å². The van der Waals surface area contributed by atoms with Gasteiger partial charge < -0.3 is 20.7 Å². The van der Waals surface area contributed by atoms with Crippen LogP contribution in [0.5, 0.6) is 0 Å². The number of hydrogen-bond donors (Lipinski definition) is 2. The van der Waals surface area contributed by atoms with E-state index in [1.54, 1.807) is 27.7 Å². The van der Waals surface area contributed by atoms with Crippen molar-refractivity contribution in [2.45, 2.75) is 103 Å². The van der Waals surface area contributed by atoms with Crippen LogP contribution in [0, 0.1) is 5.92 Å². The zero-order valence-electron chi connectivity index (χ0n) is 19.4. The van der Waals surface area contributed by atoms with Crippen LogP contribution in [0.2, 0.25) is 0 Å². The number of nitrogens with zero attached hydrogens (tertiary/aromatic N) is 2. The largest absolute Gasteiger partial charge is 0.444 e. The minimum atomic E-state index is -0.753. The van der Waals surface area contributed by atoms with E-state index in [1.165, 1.54) is 11.9 Å². The van der Waals surface area contributed by atoms with Crippen LogP contribution < -0.4 is 11.1 Å². The molecule has 1 heterocycles. The standard InChI is InChI=1S/C22H40N4O4/c1-14-12-17(23)13-26(14)20(28)18(16-10-8-7-9-11-16)24-19(27)15(2)25(6)21(29)30-22(3,4)5/h14-18H,7-13,23H2,1-6H3,(H,24,27)/t14?,15-,17?,18?/m0/s1. The molecule has 1 aliphatic carbocycles. The summed E-state index contributed by atoms with van der Waals surface area (Å²) >= 11 is 0. The maximum absolute atomic E-state index is 13.4. The molecule has 2 fully saturated rings. The number of likely N-dealkylation sites (tertiary alicyclic amines) is 1. The van der Waals surface area contributed by atoms with Crippen LogP contribution in [0.25, 0.3) is 0 Å². The fourth-order valence-corrected chi connectivity index (χ4v) is 4.35. The molecule has 0 spiro atoms. The first kappa shape index (κ1) is 24.4. The van der Waals surface area contributed by atoms with Crippen LogP contribution in [-0.2, 0) is 14.3 Å². The first-order valence-corrected chi connectivity index (χ1v) is 11.2. The summed E-state index contributed by atoms with van der Waals surface area (Å²) in [6.45, 7) is 9.52. The molecular formula is C22H40N4O4. The number of rotatable bonds is 5. The first-order valence-electron chi connectivity index (χ1n) is 11.2. The van der Waals surface area contributed by atoms with E-state index in [4.69, 9.17) is 10.5 Å². The number of likely N-dealkylation sites (N-methyl/N-ethyl adjacent to an activating group) is 1. The quantitative estimate of drug-likeness (QED) is 0.704. The summed E-state index contributed by atoms with van der Waals surface area (Å²) in [5.41, 5.74) is 5.42. The monoisotopic (exact) mass is 424 g/mol. The molecule has 2 rings (SSSR count). The highest BCUT2D eigenvalue weighted by Crippen LogP contribution is 2.29. The number of ether oxygens (including phenoxy) is 1. The van der Waals surface area contributed by atoms with Gasteiger partial charge in [-0.15, -0.1) is 0 Å². The third kappa shape index (κ3) is 6.33. The number of amides is 3. The number of nitrogens with two attached hydrogens (primary N) is 1. The van der Waals surface area contributed by atoms with Crippen molar-refractivity contribution >= 4 is 17.9 Å². The fraction of sp³-hybridized carbons (Fsp3) is 0.864. The van der Waals surface area contributed by atoms with Crippen LogP contribution in [0.1, 0.15) is 73.1 Å². The third-order valence-corrected chi connectivity index (χ3v) is 6.22. The molecule has 1 saturated carbocycles. The number of carbonyl (C=O) groups is 3. The molecular weight excluding hydrogens is 384 g/mol. The lowest BCUT2D eigenvalue weighted by atomic mass is 9.83. The highest BCUT2D eigenvalue weighted by atomic mass is 16.6. The molecule has 1 aliphatic heterocycles. The molecule has 0 aromatic heterocycles. The van der Waals surface area contributed by atoms with Gasteiger partial charge in [0, 0.05) is 25.7 Å². The molecule has 8 nitrogen and oxygen atoms in total.